The van der Waals surface area contributed by atoms with Crippen molar-refractivity contribution in [1.29, 1.82) is 0 Å². The van der Waals surface area contributed by atoms with Crippen molar-refractivity contribution in [2.75, 3.05) is 14.2 Å². The average Bonchev–Trinajstić information content (AvgIpc) is 3.88. The van der Waals surface area contributed by atoms with Crippen LogP contribution in [0.15, 0.2) is 69.3 Å². The van der Waals surface area contributed by atoms with Crippen molar-refractivity contribution >= 4 is 29.7 Å². The molecule has 4 fully saturated rings. The van der Waals surface area contributed by atoms with Crippen molar-refractivity contribution in [2.45, 2.75) is 97.4 Å². The quantitative estimate of drug-likeness (QED) is 0.204. The number of cyclic esters (lactones) is 2. The molecular weight excluding hydrogens is 696 g/mol. The van der Waals surface area contributed by atoms with Crippen molar-refractivity contribution in [3.63, 3.8) is 0 Å². The monoisotopic (exact) mass is 746 g/mol. The van der Waals surface area contributed by atoms with Gasteiger partial charge in [0.25, 0.3) is 0 Å². The third kappa shape index (κ3) is 5.95. The molecule has 0 spiro atoms. The maximum Gasteiger partial charge on any atom is 0.310 e. The number of aliphatic hydroxyl groups is 1. The molecule has 4 aliphatic carbocycles. The fourth-order valence-electron chi connectivity index (χ4n) is 11.1. The Hall–Kier alpha value is -4.45. The zero-order chi connectivity index (χ0) is 38.8. The fraction of sp³-hybridized carbons (Fsp3) is 0.595. The molecule has 8 rings (SSSR count). The zero-order valence-corrected chi connectivity index (χ0v) is 31.8. The molecule has 0 amide bonds. The number of hydrogen-bond acceptors (Lipinski definition) is 12. The molecule has 0 unspecified atom stereocenters. The molecular formula is C42H50O12. The van der Waals surface area contributed by atoms with Crippen LogP contribution in [0.2, 0.25) is 0 Å². The van der Waals surface area contributed by atoms with Gasteiger partial charge in [0.05, 0.1) is 69.0 Å². The summed E-state index contributed by atoms with van der Waals surface area (Å²) >= 11 is 0. The van der Waals surface area contributed by atoms with Gasteiger partial charge < -0.3 is 32.9 Å². The van der Waals surface area contributed by atoms with Crippen molar-refractivity contribution in [1.82, 2.24) is 0 Å². The summed E-state index contributed by atoms with van der Waals surface area (Å²) in [5, 5.41) is 10.5. The first-order valence-electron chi connectivity index (χ1n) is 18.9. The van der Waals surface area contributed by atoms with E-state index in [4.69, 9.17) is 27.8 Å². The maximum absolute atomic E-state index is 12.8. The molecule has 2 aliphatic heterocycles. The SMILES string of the molecule is COC(=O)[C@@H]1CC(=O)C=C2[C@@]1(C)CC[C@H]1C(=O)O[C@H](c3ccoc3)C[C@]21C.COC(=O)[C@@H]1C[C@H](O)C=C2[C@@]1(C)CC[C@H]1C(=O)O[C@H](c3ccoc3)C[C@]21C. The van der Waals surface area contributed by atoms with Crippen molar-refractivity contribution < 1.29 is 56.9 Å². The summed E-state index contributed by atoms with van der Waals surface area (Å²) in [5.74, 6) is -2.72. The summed E-state index contributed by atoms with van der Waals surface area (Å²) in [7, 11) is 2.74. The number of carbonyl (C=O) groups excluding carboxylic acids is 5. The molecule has 2 aromatic rings. The zero-order valence-electron chi connectivity index (χ0n) is 31.8. The lowest BCUT2D eigenvalue weighted by molar-refractivity contribution is -0.178. The van der Waals surface area contributed by atoms with Crippen LogP contribution in [0.4, 0.5) is 0 Å². The van der Waals surface area contributed by atoms with Crippen LogP contribution in [0.1, 0.15) is 102 Å². The molecule has 11 atom stereocenters. The highest BCUT2D eigenvalue weighted by molar-refractivity contribution is 5.96. The molecule has 12 nitrogen and oxygen atoms in total. The van der Waals surface area contributed by atoms with Crippen LogP contribution < -0.4 is 0 Å². The Balaban J connectivity index is 0.000000167. The Morgan fingerprint density at radius 2 is 1.20 bits per heavy atom. The number of esters is 4. The molecule has 290 valence electrons. The van der Waals surface area contributed by atoms with Gasteiger partial charge in [-0.2, -0.15) is 0 Å². The molecule has 1 N–H and O–H groups in total. The van der Waals surface area contributed by atoms with Gasteiger partial charge in [-0.3, -0.25) is 24.0 Å². The molecule has 2 saturated carbocycles. The van der Waals surface area contributed by atoms with Gasteiger partial charge in [-0.25, -0.2) is 0 Å². The third-order valence-electron chi connectivity index (χ3n) is 14.1. The Morgan fingerprint density at radius 3 is 1.69 bits per heavy atom. The molecule has 4 heterocycles. The Morgan fingerprint density at radius 1 is 0.722 bits per heavy atom. The number of allylic oxidation sites excluding steroid dienone is 3. The maximum atomic E-state index is 12.8. The topological polar surface area (TPSA) is 169 Å². The second kappa shape index (κ2) is 13.7. The Bertz CT molecular complexity index is 1870. The first-order valence-corrected chi connectivity index (χ1v) is 18.9. The Kier molecular flexibility index (Phi) is 9.59. The number of aliphatic hydroxyl groups excluding tert-OH is 1. The van der Waals surface area contributed by atoms with Gasteiger partial charge in [-0.15, -0.1) is 0 Å². The summed E-state index contributed by atoms with van der Waals surface area (Å²) in [6.45, 7) is 8.20. The standard InChI is InChI=1S/C21H26O6.C21H24O6/c2*1-20-6-4-14-19(24)27-16(12-5-7-26-11-12)10-21(14,2)17(20)9-13(22)8-15(20)18(23)25-3/h5,7,9,11,13-16,22H,4,6,8,10H2,1-3H3;5,7,9,11,14-16H,4,6,8,10H2,1-3H3/t13-,14-,15-,16-,20-,21-;14-,15-,16-,20-,21-/m00/s1. The normalized spacial score (nSPS) is 39.7. The van der Waals surface area contributed by atoms with E-state index < -0.39 is 51.8 Å². The van der Waals surface area contributed by atoms with Crippen molar-refractivity contribution in [2.24, 2.45) is 45.3 Å². The second-order valence-electron chi connectivity index (χ2n) is 17.0. The van der Waals surface area contributed by atoms with Crippen LogP contribution in [-0.4, -0.2) is 55.1 Å². The van der Waals surface area contributed by atoms with E-state index in [2.05, 4.69) is 13.8 Å². The summed E-state index contributed by atoms with van der Waals surface area (Å²) in [6, 6.07) is 3.60. The predicted octanol–water partition coefficient (Wildman–Crippen LogP) is 6.55. The van der Waals surface area contributed by atoms with E-state index in [1.807, 2.05) is 26.0 Å². The number of hydrogen-bond donors (Lipinski definition) is 1. The second-order valence-corrected chi connectivity index (χ2v) is 17.0. The number of fused-ring (bicyclic) bond motifs is 6. The van der Waals surface area contributed by atoms with E-state index in [-0.39, 0.29) is 47.9 Å². The molecule has 0 aromatic carbocycles. The number of carbonyl (C=O) groups is 5. The molecule has 12 heteroatoms. The number of ether oxygens (including phenoxy) is 4. The van der Waals surface area contributed by atoms with Gasteiger partial charge in [0.2, 0.25) is 0 Å². The molecule has 2 saturated heterocycles. The van der Waals surface area contributed by atoms with E-state index >= 15 is 0 Å². The molecule has 6 aliphatic rings. The van der Waals surface area contributed by atoms with Crippen molar-refractivity contribution in [3.8, 4) is 0 Å². The van der Waals surface area contributed by atoms with Gasteiger partial charge in [-0.05, 0) is 63.2 Å². The highest BCUT2D eigenvalue weighted by Crippen LogP contribution is 2.65. The van der Waals surface area contributed by atoms with Crippen LogP contribution in [0.3, 0.4) is 0 Å². The minimum atomic E-state index is -0.724. The molecule has 2 aromatic heterocycles. The first-order chi connectivity index (χ1) is 25.6. The fourth-order valence-corrected chi connectivity index (χ4v) is 11.1. The summed E-state index contributed by atoms with van der Waals surface area (Å²) in [5.41, 5.74) is 1.55. The first kappa shape index (κ1) is 37.8. The number of rotatable bonds is 4. The summed E-state index contributed by atoms with van der Waals surface area (Å²) < 4.78 is 31.8. The molecule has 0 bridgehead atoms. The van der Waals surface area contributed by atoms with Crippen LogP contribution in [0, 0.1) is 45.3 Å². The largest absolute Gasteiger partial charge is 0.472 e. The number of methoxy groups -OCH3 is 2. The van der Waals surface area contributed by atoms with Crippen LogP contribution in [-0.2, 0) is 42.9 Å². The van der Waals surface area contributed by atoms with E-state index in [1.165, 1.54) is 14.2 Å². The number of furan rings is 2. The number of ketones is 1. The van der Waals surface area contributed by atoms with Crippen molar-refractivity contribution in [3.05, 3.63) is 71.6 Å². The van der Waals surface area contributed by atoms with Crippen LogP contribution in [0.5, 0.6) is 0 Å². The van der Waals surface area contributed by atoms with Gasteiger partial charge in [0.15, 0.2) is 5.78 Å². The average molecular weight is 747 g/mol. The highest BCUT2D eigenvalue weighted by Gasteiger charge is 2.62. The van der Waals surface area contributed by atoms with E-state index in [1.54, 1.807) is 37.2 Å². The molecule has 0 radical (unpaired) electrons. The van der Waals surface area contributed by atoms with Gasteiger partial charge >= 0.3 is 23.9 Å². The summed E-state index contributed by atoms with van der Waals surface area (Å²) in [4.78, 5) is 63.1. The highest BCUT2D eigenvalue weighted by atomic mass is 16.6. The smallest absolute Gasteiger partial charge is 0.310 e. The van der Waals surface area contributed by atoms with E-state index in [0.29, 0.717) is 44.9 Å². The predicted molar refractivity (Wildman–Crippen MR) is 190 cm³/mol. The third-order valence-corrected chi connectivity index (χ3v) is 14.1. The Labute approximate surface area is 314 Å². The van der Waals surface area contributed by atoms with Crippen LogP contribution in [0.25, 0.3) is 0 Å². The minimum absolute atomic E-state index is 0.0847. The van der Waals surface area contributed by atoms with Crippen LogP contribution >= 0.6 is 0 Å². The van der Waals surface area contributed by atoms with Gasteiger partial charge in [-0.1, -0.05) is 44.9 Å². The van der Waals surface area contributed by atoms with E-state index in [0.717, 1.165) is 22.3 Å². The van der Waals surface area contributed by atoms with Gasteiger partial charge in [0.1, 0.15) is 12.2 Å². The minimum Gasteiger partial charge on any atom is -0.472 e. The lowest BCUT2D eigenvalue weighted by Crippen LogP contribution is -2.55. The molecule has 54 heavy (non-hydrogen) atoms. The van der Waals surface area contributed by atoms with E-state index in [9.17, 15) is 29.1 Å². The van der Waals surface area contributed by atoms with Gasteiger partial charge in [0, 0.05) is 39.2 Å². The lowest BCUT2D eigenvalue weighted by Gasteiger charge is -2.57. The summed E-state index contributed by atoms with van der Waals surface area (Å²) in [6.07, 6.45) is 12.6. The lowest BCUT2D eigenvalue weighted by atomic mass is 9.47.